The summed E-state index contributed by atoms with van der Waals surface area (Å²) >= 11 is 0. The van der Waals surface area contributed by atoms with Gasteiger partial charge >= 0.3 is 0 Å². The van der Waals surface area contributed by atoms with Gasteiger partial charge in [-0.1, -0.05) is 12.1 Å². The predicted molar refractivity (Wildman–Crippen MR) is 77.6 cm³/mol. The molecule has 4 heteroatoms. The van der Waals surface area contributed by atoms with E-state index in [9.17, 15) is 9.50 Å². The van der Waals surface area contributed by atoms with E-state index in [1.54, 1.807) is 44.2 Å². The van der Waals surface area contributed by atoms with Crippen LogP contribution in [0.4, 0.5) is 4.39 Å². The lowest BCUT2D eigenvalue weighted by molar-refractivity contribution is 0.195. The van der Waals surface area contributed by atoms with E-state index in [-0.39, 0.29) is 5.82 Å². The molecule has 2 aromatic rings. The van der Waals surface area contributed by atoms with Crippen LogP contribution in [0.5, 0.6) is 11.5 Å². The minimum atomic E-state index is -0.826. The van der Waals surface area contributed by atoms with Gasteiger partial charge in [-0.3, -0.25) is 0 Å². The molecule has 0 heterocycles. The summed E-state index contributed by atoms with van der Waals surface area (Å²) in [4.78, 5) is 0. The van der Waals surface area contributed by atoms with Crippen molar-refractivity contribution in [3.63, 3.8) is 0 Å². The first-order valence-electron chi connectivity index (χ1n) is 6.63. The Kier molecular flexibility index (Phi) is 4.56. The van der Waals surface area contributed by atoms with Crippen LogP contribution in [0.2, 0.25) is 0 Å². The van der Waals surface area contributed by atoms with Crippen LogP contribution in [0.15, 0.2) is 36.4 Å². The van der Waals surface area contributed by atoms with Gasteiger partial charge < -0.3 is 9.84 Å². The monoisotopic (exact) mass is 285 g/mol. The van der Waals surface area contributed by atoms with E-state index in [0.717, 1.165) is 5.56 Å². The molecule has 2 rings (SSSR count). The fraction of sp³-hybridized carbons (Fsp3) is 0.235. The second-order valence-corrected chi connectivity index (χ2v) is 4.90. The highest BCUT2D eigenvalue weighted by atomic mass is 19.1. The molecular weight excluding hydrogens is 269 g/mol. The molecule has 0 saturated carbocycles. The maximum absolute atomic E-state index is 13.6. The van der Waals surface area contributed by atoms with E-state index in [1.165, 1.54) is 6.07 Å². The highest BCUT2D eigenvalue weighted by molar-refractivity contribution is 5.42. The van der Waals surface area contributed by atoms with Crippen LogP contribution >= 0.6 is 0 Å². The number of rotatable bonds is 4. The average molecular weight is 285 g/mol. The average Bonchev–Trinajstić information content (AvgIpc) is 2.44. The third kappa shape index (κ3) is 3.59. The van der Waals surface area contributed by atoms with E-state index in [0.29, 0.717) is 29.0 Å². The van der Waals surface area contributed by atoms with Gasteiger partial charge in [-0.25, -0.2) is 4.39 Å². The molecule has 0 aliphatic heterocycles. The summed E-state index contributed by atoms with van der Waals surface area (Å²) in [5.74, 6) is 0.629. The second-order valence-electron chi connectivity index (χ2n) is 4.90. The van der Waals surface area contributed by atoms with Gasteiger partial charge in [-0.2, -0.15) is 5.26 Å². The van der Waals surface area contributed by atoms with Crippen molar-refractivity contribution in [2.24, 2.45) is 0 Å². The summed E-state index contributed by atoms with van der Waals surface area (Å²) in [6.07, 6.45) is -0.484. The van der Waals surface area contributed by atoms with Crippen LogP contribution in [0, 0.1) is 24.1 Å². The molecule has 0 amide bonds. The number of hydrogen-bond donors (Lipinski definition) is 1. The van der Waals surface area contributed by atoms with Gasteiger partial charge in [0, 0.05) is 5.56 Å². The van der Waals surface area contributed by atoms with E-state index < -0.39 is 6.10 Å². The molecule has 1 atom stereocenters. The lowest BCUT2D eigenvalue weighted by Gasteiger charge is -2.15. The molecule has 1 unspecified atom stereocenters. The zero-order chi connectivity index (χ0) is 15.4. The van der Waals surface area contributed by atoms with Crippen LogP contribution in [0.3, 0.4) is 0 Å². The van der Waals surface area contributed by atoms with Crippen molar-refractivity contribution in [3.05, 3.63) is 58.9 Å². The maximum atomic E-state index is 13.6. The molecule has 0 aliphatic rings. The first kappa shape index (κ1) is 15.0. The number of aliphatic hydroxyl groups is 1. The molecule has 21 heavy (non-hydrogen) atoms. The van der Waals surface area contributed by atoms with E-state index in [2.05, 4.69) is 6.07 Å². The zero-order valence-electron chi connectivity index (χ0n) is 11.9. The minimum Gasteiger partial charge on any atom is -0.457 e. The molecule has 0 radical (unpaired) electrons. The second kappa shape index (κ2) is 6.38. The molecular formula is C17H16FNO2. The summed E-state index contributed by atoms with van der Waals surface area (Å²) < 4.78 is 19.3. The van der Waals surface area contributed by atoms with Gasteiger partial charge in [0.25, 0.3) is 0 Å². The largest absolute Gasteiger partial charge is 0.457 e. The molecule has 1 N–H and O–H groups in total. The molecule has 0 aliphatic carbocycles. The summed E-state index contributed by atoms with van der Waals surface area (Å²) in [5, 5.41) is 18.4. The Morgan fingerprint density at radius 1 is 1.29 bits per heavy atom. The van der Waals surface area contributed by atoms with Crippen LogP contribution in [-0.4, -0.2) is 5.11 Å². The SMILES string of the molecule is Cc1cc(Oc2ccc(CC#N)cc2)c(C(C)O)cc1F. The van der Waals surface area contributed by atoms with Gasteiger partial charge in [-0.05, 0) is 49.2 Å². The van der Waals surface area contributed by atoms with Crippen molar-refractivity contribution < 1.29 is 14.2 Å². The summed E-state index contributed by atoms with van der Waals surface area (Å²) in [6, 6.07) is 12.0. The van der Waals surface area contributed by atoms with Crippen LogP contribution in [0.25, 0.3) is 0 Å². The number of nitrogens with zero attached hydrogens (tertiary/aromatic N) is 1. The standard InChI is InChI=1S/C17H16FNO2/c1-11-9-17(15(12(2)20)10-16(11)18)21-14-5-3-13(4-6-14)7-8-19/h3-6,9-10,12,20H,7H2,1-2H3. The Morgan fingerprint density at radius 3 is 2.52 bits per heavy atom. The normalized spacial score (nSPS) is 11.8. The zero-order valence-corrected chi connectivity index (χ0v) is 11.9. The smallest absolute Gasteiger partial charge is 0.133 e. The van der Waals surface area contributed by atoms with Gasteiger partial charge in [0.2, 0.25) is 0 Å². The third-order valence-electron chi connectivity index (χ3n) is 3.18. The molecule has 3 nitrogen and oxygen atoms in total. The number of aryl methyl sites for hydroxylation is 1. The first-order valence-corrected chi connectivity index (χ1v) is 6.63. The Hall–Kier alpha value is -2.38. The van der Waals surface area contributed by atoms with Crippen molar-refractivity contribution in [3.8, 4) is 17.6 Å². The summed E-state index contributed by atoms with van der Waals surface area (Å²) in [7, 11) is 0. The highest BCUT2D eigenvalue weighted by Crippen LogP contribution is 2.32. The van der Waals surface area contributed by atoms with Crippen LogP contribution < -0.4 is 4.74 Å². The first-order chi connectivity index (χ1) is 10.0. The fourth-order valence-corrected chi connectivity index (χ4v) is 1.98. The van der Waals surface area contributed by atoms with Crippen molar-refractivity contribution >= 4 is 0 Å². The Morgan fingerprint density at radius 2 is 1.95 bits per heavy atom. The number of benzene rings is 2. The number of halogens is 1. The molecule has 0 saturated heterocycles. The molecule has 2 aromatic carbocycles. The predicted octanol–water partition coefficient (Wildman–Crippen LogP) is 4.05. The molecule has 108 valence electrons. The number of nitriles is 1. The molecule has 0 bridgehead atoms. The number of ether oxygens (including phenoxy) is 1. The quantitative estimate of drug-likeness (QED) is 0.922. The molecule has 0 aromatic heterocycles. The van der Waals surface area contributed by atoms with E-state index in [4.69, 9.17) is 10.00 Å². The van der Waals surface area contributed by atoms with Gasteiger partial charge in [0.15, 0.2) is 0 Å². The van der Waals surface area contributed by atoms with Crippen LogP contribution in [-0.2, 0) is 6.42 Å². The third-order valence-corrected chi connectivity index (χ3v) is 3.18. The van der Waals surface area contributed by atoms with Gasteiger partial charge in [0.05, 0.1) is 18.6 Å². The van der Waals surface area contributed by atoms with E-state index in [1.807, 2.05) is 0 Å². The topological polar surface area (TPSA) is 53.2 Å². The minimum absolute atomic E-state index is 0.342. The van der Waals surface area contributed by atoms with Crippen molar-refractivity contribution in [1.29, 1.82) is 5.26 Å². The number of aliphatic hydroxyl groups excluding tert-OH is 1. The maximum Gasteiger partial charge on any atom is 0.133 e. The Balaban J connectivity index is 2.30. The van der Waals surface area contributed by atoms with Crippen molar-refractivity contribution in [2.45, 2.75) is 26.4 Å². The Labute approximate surface area is 123 Å². The highest BCUT2D eigenvalue weighted by Gasteiger charge is 2.13. The Bertz CT molecular complexity index is 672. The van der Waals surface area contributed by atoms with Gasteiger partial charge in [-0.15, -0.1) is 0 Å². The summed E-state index contributed by atoms with van der Waals surface area (Å²) in [5.41, 5.74) is 1.76. The van der Waals surface area contributed by atoms with Gasteiger partial charge in [0.1, 0.15) is 17.3 Å². The van der Waals surface area contributed by atoms with E-state index >= 15 is 0 Å². The lowest BCUT2D eigenvalue weighted by atomic mass is 10.1. The van der Waals surface area contributed by atoms with Crippen molar-refractivity contribution in [2.75, 3.05) is 0 Å². The summed E-state index contributed by atoms with van der Waals surface area (Å²) in [6.45, 7) is 3.21. The van der Waals surface area contributed by atoms with Crippen molar-refractivity contribution in [1.82, 2.24) is 0 Å². The number of hydrogen-bond acceptors (Lipinski definition) is 3. The fourth-order valence-electron chi connectivity index (χ4n) is 1.98. The lowest BCUT2D eigenvalue weighted by Crippen LogP contribution is -1.99. The molecule has 0 spiro atoms. The van der Waals surface area contributed by atoms with Crippen LogP contribution in [0.1, 0.15) is 29.7 Å². The molecule has 0 fully saturated rings.